The van der Waals surface area contributed by atoms with E-state index in [1.54, 1.807) is 11.3 Å². The maximum atomic E-state index is 4.46. The van der Waals surface area contributed by atoms with Crippen LogP contribution >= 0.6 is 11.3 Å². The second-order valence-corrected chi connectivity index (χ2v) is 4.38. The van der Waals surface area contributed by atoms with Crippen LogP contribution in [0.5, 0.6) is 0 Å². The summed E-state index contributed by atoms with van der Waals surface area (Å²) in [7, 11) is 0. The highest BCUT2D eigenvalue weighted by atomic mass is 32.1. The monoisotopic (exact) mass is 191 g/mol. The molecule has 1 nitrogen and oxygen atoms in total. The van der Waals surface area contributed by atoms with Crippen LogP contribution in [-0.4, -0.2) is 4.98 Å². The highest BCUT2D eigenvalue weighted by Gasteiger charge is 2.07. The number of allylic oxidation sites excluding steroid dienone is 4. The number of thiazole rings is 1. The van der Waals surface area contributed by atoms with Gasteiger partial charge in [-0.05, 0) is 19.3 Å². The van der Waals surface area contributed by atoms with Crippen LogP contribution in [0.4, 0.5) is 0 Å². The van der Waals surface area contributed by atoms with Gasteiger partial charge in [0, 0.05) is 16.6 Å². The molecule has 0 bridgehead atoms. The second-order valence-electron chi connectivity index (χ2n) is 3.53. The third-order valence-electron chi connectivity index (χ3n) is 2.18. The van der Waals surface area contributed by atoms with Crippen LogP contribution in [0.1, 0.15) is 24.0 Å². The standard InChI is InChI=1S/C11H13NS/c1-8-3-5-10(6-4-8)11-12-9(2)7-13-11/h3,5-8H,4H2,1-2H3. The average molecular weight is 191 g/mol. The van der Waals surface area contributed by atoms with Gasteiger partial charge in [-0.15, -0.1) is 11.3 Å². The zero-order valence-electron chi connectivity index (χ0n) is 7.95. The summed E-state index contributed by atoms with van der Waals surface area (Å²) in [5, 5.41) is 3.25. The van der Waals surface area contributed by atoms with Crippen molar-refractivity contribution in [2.75, 3.05) is 0 Å². The highest BCUT2D eigenvalue weighted by Crippen LogP contribution is 2.26. The third kappa shape index (κ3) is 1.89. The molecule has 1 aromatic heterocycles. The largest absolute Gasteiger partial charge is 0.241 e. The van der Waals surface area contributed by atoms with E-state index in [0.717, 1.165) is 17.1 Å². The van der Waals surface area contributed by atoms with Crippen LogP contribution in [0.25, 0.3) is 5.57 Å². The van der Waals surface area contributed by atoms with Crippen LogP contribution < -0.4 is 0 Å². The molecule has 0 aliphatic heterocycles. The van der Waals surface area contributed by atoms with E-state index in [4.69, 9.17) is 0 Å². The van der Waals surface area contributed by atoms with Gasteiger partial charge in [0.2, 0.25) is 0 Å². The van der Waals surface area contributed by atoms with E-state index >= 15 is 0 Å². The molecule has 1 aromatic rings. The summed E-state index contributed by atoms with van der Waals surface area (Å²) in [6.07, 6.45) is 7.87. The van der Waals surface area contributed by atoms with Gasteiger partial charge in [-0.25, -0.2) is 4.98 Å². The molecular weight excluding hydrogens is 178 g/mol. The predicted molar refractivity (Wildman–Crippen MR) is 57.7 cm³/mol. The lowest BCUT2D eigenvalue weighted by Gasteiger charge is -2.09. The van der Waals surface area contributed by atoms with E-state index in [0.29, 0.717) is 5.92 Å². The van der Waals surface area contributed by atoms with Gasteiger partial charge in [0.05, 0.1) is 0 Å². The summed E-state index contributed by atoms with van der Waals surface area (Å²) in [6, 6.07) is 0. The Morgan fingerprint density at radius 1 is 1.54 bits per heavy atom. The quantitative estimate of drug-likeness (QED) is 0.662. The smallest absolute Gasteiger partial charge is 0.123 e. The van der Waals surface area contributed by atoms with Gasteiger partial charge in [0.1, 0.15) is 5.01 Å². The lowest BCUT2D eigenvalue weighted by atomic mass is 9.99. The third-order valence-corrected chi connectivity index (χ3v) is 3.19. The minimum Gasteiger partial charge on any atom is -0.241 e. The van der Waals surface area contributed by atoms with Gasteiger partial charge < -0.3 is 0 Å². The molecule has 1 heterocycles. The van der Waals surface area contributed by atoms with Gasteiger partial charge >= 0.3 is 0 Å². The molecule has 13 heavy (non-hydrogen) atoms. The van der Waals surface area contributed by atoms with Crippen LogP contribution in [0.3, 0.4) is 0 Å². The fourth-order valence-corrected chi connectivity index (χ4v) is 2.19. The zero-order valence-corrected chi connectivity index (χ0v) is 8.77. The number of aromatic nitrogens is 1. The second kappa shape index (κ2) is 3.46. The minimum atomic E-state index is 0.685. The molecule has 1 unspecified atom stereocenters. The Bertz CT molecular complexity index is 360. The van der Waals surface area contributed by atoms with E-state index in [1.807, 2.05) is 6.92 Å². The van der Waals surface area contributed by atoms with Crippen molar-refractivity contribution in [2.24, 2.45) is 5.92 Å². The molecule has 0 radical (unpaired) electrons. The van der Waals surface area contributed by atoms with Crippen LogP contribution in [0, 0.1) is 12.8 Å². The highest BCUT2D eigenvalue weighted by molar-refractivity contribution is 7.10. The van der Waals surface area contributed by atoms with Gasteiger partial charge in [-0.2, -0.15) is 0 Å². The Kier molecular flexibility index (Phi) is 2.32. The number of hydrogen-bond acceptors (Lipinski definition) is 2. The van der Waals surface area contributed by atoms with Crippen LogP contribution in [0.2, 0.25) is 0 Å². The first-order valence-corrected chi connectivity index (χ1v) is 5.44. The maximum absolute atomic E-state index is 4.46. The molecule has 0 saturated heterocycles. The molecule has 0 saturated carbocycles. The molecule has 2 heteroatoms. The van der Waals surface area contributed by atoms with Gasteiger partial charge in [0.25, 0.3) is 0 Å². The molecule has 1 aliphatic rings. The van der Waals surface area contributed by atoms with Gasteiger partial charge in [-0.3, -0.25) is 0 Å². The van der Waals surface area contributed by atoms with Crippen molar-refractivity contribution < 1.29 is 0 Å². The summed E-state index contributed by atoms with van der Waals surface area (Å²) in [5.41, 5.74) is 2.41. The summed E-state index contributed by atoms with van der Waals surface area (Å²) in [4.78, 5) is 4.46. The Balaban J connectivity index is 2.24. The fraction of sp³-hybridized carbons (Fsp3) is 0.364. The van der Waals surface area contributed by atoms with Crippen molar-refractivity contribution in [1.82, 2.24) is 4.98 Å². The van der Waals surface area contributed by atoms with E-state index in [-0.39, 0.29) is 0 Å². The van der Waals surface area contributed by atoms with E-state index in [2.05, 4.69) is 35.5 Å². The lowest BCUT2D eigenvalue weighted by Crippen LogP contribution is -1.93. The minimum absolute atomic E-state index is 0.685. The molecule has 2 rings (SSSR count). The zero-order chi connectivity index (χ0) is 9.26. The SMILES string of the molecule is Cc1csc(C2=CCC(C)C=C2)n1. The summed E-state index contributed by atoms with van der Waals surface area (Å²) >= 11 is 1.73. The first-order chi connectivity index (χ1) is 6.25. The number of aryl methyl sites for hydroxylation is 1. The Morgan fingerprint density at radius 2 is 2.38 bits per heavy atom. The Hall–Kier alpha value is -0.890. The molecule has 0 fully saturated rings. The lowest BCUT2D eigenvalue weighted by molar-refractivity contribution is 0.739. The molecule has 0 amide bonds. The topological polar surface area (TPSA) is 12.9 Å². The fourth-order valence-electron chi connectivity index (χ4n) is 1.37. The van der Waals surface area contributed by atoms with Crippen LogP contribution in [0.15, 0.2) is 23.6 Å². The first-order valence-electron chi connectivity index (χ1n) is 4.56. The maximum Gasteiger partial charge on any atom is 0.123 e. The summed E-state index contributed by atoms with van der Waals surface area (Å²) in [5.74, 6) is 0.685. The van der Waals surface area contributed by atoms with Crippen molar-refractivity contribution in [3.63, 3.8) is 0 Å². The molecular formula is C11H13NS. The number of hydrogen-bond donors (Lipinski definition) is 0. The molecule has 68 valence electrons. The van der Waals surface area contributed by atoms with Gasteiger partial charge in [0.15, 0.2) is 0 Å². The summed E-state index contributed by atoms with van der Waals surface area (Å²) < 4.78 is 0. The molecule has 0 spiro atoms. The van der Waals surface area contributed by atoms with Crippen molar-refractivity contribution in [2.45, 2.75) is 20.3 Å². The number of nitrogens with zero attached hydrogens (tertiary/aromatic N) is 1. The van der Waals surface area contributed by atoms with Gasteiger partial charge in [-0.1, -0.05) is 25.2 Å². The normalized spacial score (nSPS) is 21.7. The van der Waals surface area contributed by atoms with Crippen molar-refractivity contribution >= 4 is 16.9 Å². The average Bonchev–Trinajstić information content (AvgIpc) is 2.53. The first kappa shape index (κ1) is 8.70. The van der Waals surface area contributed by atoms with Crippen molar-refractivity contribution in [3.05, 3.63) is 34.3 Å². The van der Waals surface area contributed by atoms with Crippen LogP contribution in [-0.2, 0) is 0 Å². The van der Waals surface area contributed by atoms with E-state index in [9.17, 15) is 0 Å². The van der Waals surface area contributed by atoms with Crippen molar-refractivity contribution in [1.29, 1.82) is 0 Å². The van der Waals surface area contributed by atoms with E-state index < -0.39 is 0 Å². The van der Waals surface area contributed by atoms with Crippen molar-refractivity contribution in [3.8, 4) is 0 Å². The molecule has 0 N–H and O–H groups in total. The van der Waals surface area contributed by atoms with E-state index in [1.165, 1.54) is 5.57 Å². The summed E-state index contributed by atoms with van der Waals surface area (Å²) in [6.45, 7) is 4.27. The molecule has 1 atom stereocenters. The number of rotatable bonds is 1. The predicted octanol–water partition coefficient (Wildman–Crippen LogP) is 3.43. The Labute approximate surface area is 82.8 Å². The molecule has 1 aliphatic carbocycles. The Morgan fingerprint density at radius 3 is 2.92 bits per heavy atom. The molecule has 0 aromatic carbocycles.